The predicted octanol–water partition coefficient (Wildman–Crippen LogP) is 3.19. The standard InChI is InChI=1S/C16H22N2OS/c1-13-7-11-17(12-8-13)9-4-10-18-14-5-2-3-6-15(14)20-16(18)19/h2-3,5-6,13H,4,7-12H2,1H3. The first kappa shape index (κ1) is 13.8. The zero-order chi connectivity index (χ0) is 13.9. The van der Waals surface area contributed by atoms with Gasteiger partial charge >= 0.3 is 4.87 Å². The summed E-state index contributed by atoms with van der Waals surface area (Å²) in [4.78, 5) is 14.8. The number of hydrogen-bond acceptors (Lipinski definition) is 3. The molecule has 1 fully saturated rings. The van der Waals surface area contributed by atoms with Crippen molar-refractivity contribution >= 4 is 21.6 Å². The van der Waals surface area contributed by atoms with Crippen LogP contribution in [0.1, 0.15) is 26.2 Å². The molecule has 2 aromatic rings. The van der Waals surface area contributed by atoms with Crippen LogP contribution in [0.3, 0.4) is 0 Å². The van der Waals surface area contributed by atoms with E-state index in [4.69, 9.17) is 0 Å². The fraction of sp³-hybridized carbons (Fsp3) is 0.562. The Morgan fingerprint density at radius 1 is 1.20 bits per heavy atom. The SMILES string of the molecule is CC1CCN(CCCn2c(=O)sc3ccccc32)CC1. The van der Waals surface area contributed by atoms with Crippen molar-refractivity contribution in [2.24, 2.45) is 5.92 Å². The summed E-state index contributed by atoms with van der Waals surface area (Å²) in [5.41, 5.74) is 1.09. The summed E-state index contributed by atoms with van der Waals surface area (Å²) in [6.07, 6.45) is 3.71. The van der Waals surface area contributed by atoms with E-state index in [1.165, 1.54) is 37.3 Å². The number of aryl methyl sites for hydroxylation is 1. The highest BCUT2D eigenvalue weighted by Crippen LogP contribution is 2.18. The topological polar surface area (TPSA) is 25.2 Å². The minimum atomic E-state index is 0.179. The smallest absolute Gasteiger partial charge is 0.303 e. The number of hydrogen-bond donors (Lipinski definition) is 0. The van der Waals surface area contributed by atoms with Gasteiger partial charge in [-0.2, -0.15) is 0 Å². The maximum absolute atomic E-state index is 12.0. The van der Waals surface area contributed by atoms with Crippen molar-refractivity contribution in [3.05, 3.63) is 33.9 Å². The molecule has 4 heteroatoms. The third-order valence-electron chi connectivity index (χ3n) is 4.31. The summed E-state index contributed by atoms with van der Waals surface area (Å²) in [5, 5.41) is 0. The van der Waals surface area contributed by atoms with Gasteiger partial charge in [0.2, 0.25) is 0 Å². The van der Waals surface area contributed by atoms with Crippen molar-refractivity contribution in [1.82, 2.24) is 9.47 Å². The van der Waals surface area contributed by atoms with Gasteiger partial charge in [-0.1, -0.05) is 30.4 Å². The molecule has 0 radical (unpaired) electrons. The third kappa shape index (κ3) is 2.96. The Balaban J connectivity index is 1.60. The summed E-state index contributed by atoms with van der Waals surface area (Å²) in [7, 11) is 0. The van der Waals surface area contributed by atoms with E-state index in [0.717, 1.165) is 35.6 Å². The molecular weight excluding hydrogens is 268 g/mol. The molecule has 0 atom stereocenters. The molecule has 0 bridgehead atoms. The van der Waals surface area contributed by atoms with Gasteiger partial charge in [0.15, 0.2) is 0 Å². The van der Waals surface area contributed by atoms with E-state index in [9.17, 15) is 4.79 Å². The zero-order valence-electron chi connectivity index (χ0n) is 12.0. The first-order chi connectivity index (χ1) is 9.74. The molecule has 3 rings (SSSR count). The number of para-hydroxylation sites is 1. The summed E-state index contributed by atoms with van der Waals surface area (Å²) < 4.78 is 3.04. The van der Waals surface area contributed by atoms with E-state index in [2.05, 4.69) is 17.9 Å². The van der Waals surface area contributed by atoms with Crippen LogP contribution in [0.4, 0.5) is 0 Å². The molecular formula is C16H22N2OS. The number of thiazole rings is 1. The van der Waals surface area contributed by atoms with Crippen LogP contribution in [-0.2, 0) is 6.54 Å². The predicted molar refractivity (Wildman–Crippen MR) is 85.5 cm³/mol. The highest BCUT2D eigenvalue weighted by atomic mass is 32.1. The minimum absolute atomic E-state index is 0.179. The van der Waals surface area contributed by atoms with E-state index < -0.39 is 0 Å². The summed E-state index contributed by atoms with van der Waals surface area (Å²) in [6.45, 7) is 6.74. The molecule has 1 aliphatic rings. The normalized spacial score (nSPS) is 17.9. The molecule has 1 aromatic heterocycles. The van der Waals surface area contributed by atoms with Crippen molar-refractivity contribution in [2.45, 2.75) is 32.7 Å². The number of rotatable bonds is 4. The molecule has 0 spiro atoms. The number of fused-ring (bicyclic) bond motifs is 1. The molecule has 2 heterocycles. The maximum atomic E-state index is 12.0. The second-order valence-corrected chi connectivity index (χ2v) is 6.86. The molecule has 1 aromatic carbocycles. The van der Waals surface area contributed by atoms with Gasteiger partial charge < -0.3 is 4.90 Å². The first-order valence-corrected chi connectivity index (χ1v) is 8.36. The Hall–Kier alpha value is -1.13. The third-order valence-corrected chi connectivity index (χ3v) is 5.27. The second-order valence-electron chi connectivity index (χ2n) is 5.87. The molecule has 0 amide bonds. The van der Waals surface area contributed by atoms with Crippen molar-refractivity contribution in [3.63, 3.8) is 0 Å². The highest BCUT2D eigenvalue weighted by Gasteiger charge is 2.15. The zero-order valence-corrected chi connectivity index (χ0v) is 12.9. The lowest BCUT2D eigenvalue weighted by atomic mass is 9.99. The molecule has 0 unspecified atom stereocenters. The number of aromatic nitrogens is 1. The molecule has 3 nitrogen and oxygen atoms in total. The van der Waals surface area contributed by atoms with Crippen LogP contribution in [0.2, 0.25) is 0 Å². The number of nitrogens with zero attached hydrogens (tertiary/aromatic N) is 2. The minimum Gasteiger partial charge on any atom is -0.303 e. The Morgan fingerprint density at radius 3 is 2.75 bits per heavy atom. The van der Waals surface area contributed by atoms with Crippen molar-refractivity contribution in [3.8, 4) is 0 Å². The molecule has 20 heavy (non-hydrogen) atoms. The first-order valence-electron chi connectivity index (χ1n) is 7.55. The Morgan fingerprint density at radius 2 is 1.95 bits per heavy atom. The summed E-state index contributed by atoms with van der Waals surface area (Å²) >= 11 is 1.36. The van der Waals surface area contributed by atoms with E-state index in [1.54, 1.807) is 0 Å². The molecule has 0 saturated carbocycles. The Kier molecular flexibility index (Phi) is 4.22. The average Bonchev–Trinajstić information content (AvgIpc) is 2.77. The van der Waals surface area contributed by atoms with Gasteiger partial charge in [0.25, 0.3) is 0 Å². The van der Waals surface area contributed by atoms with Crippen LogP contribution in [-0.4, -0.2) is 29.1 Å². The van der Waals surface area contributed by atoms with Crippen LogP contribution in [0.15, 0.2) is 29.1 Å². The number of piperidine rings is 1. The van der Waals surface area contributed by atoms with Gasteiger partial charge in [0.1, 0.15) is 0 Å². The van der Waals surface area contributed by atoms with Crippen molar-refractivity contribution in [2.75, 3.05) is 19.6 Å². The van der Waals surface area contributed by atoms with Gasteiger partial charge in [0.05, 0.1) is 10.2 Å². The second kappa shape index (κ2) is 6.10. The van der Waals surface area contributed by atoms with Crippen LogP contribution < -0.4 is 4.87 Å². The molecule has 108 valence electrons. The fourth-order valence-corrected chi connectivity index (χ4v) is 3.88. The quantitative estimate of drug-likeness (QED) is 0.864. The molecule has 0 N–H and O–H groups in total. The Bertz CT molecular complexity index is 623. The van der Waals surface area contributed by atoms with Crippen LogP contribution in [0.25, 0.3) is 10.2 Å². The average molecular weight is 290 g/mol. The van der Waals surface area contributed by atoms with Gasteiger partial charge in [-0.15, -0.1) is 0 Å². The van der Waals surface area contributed by atoms with Crippen LogP contribution in [0.5, 0.6) is 0 Å². The van der Waals surface area contributed by atoms with E-state index >= 15 is 0 Å². The number of benzene rings is 1. The van der Waals surface area contributed by atoms with Gasteiger partial charge in [-0.05, 0) is 56.9 Å². The maximum Gasteiger partial charge on any atom is 0.308 e. The van der Waals surface area contributed by atoms with Crippen LogP contribution in [0, 0.1) is 5.92 Å². The fourth-order valence-electron chi connectivity index (χ4n) is 2.96. The van der Waals surface area contributed by atoms with E-state index in [1.807, 2.05) is 22.8 Å². The molecule has 0 aliphatic carbocycles. The number of likely N-dealkylation sites (tertiary alicyclic amines) is 1. The van der Waals surface area contributed by atoms with Crippen molar-refractivity contribution in [1.29, 1.82) is 0 Å². The Labute approximate surface area is 123 Å². The monoisotopic (exact) mass is 290 g/mol. The lowest BCUT2D eigenvalue weighted by Crippen LogP contribution is -2.34. The van der Waals surface area contributed by atoms with Gasteiger partial charge in [-0.25, -0.2) is 0 Å². The van der Waals surface area contributed by atoms with Crippen LogP contribution >= 0.6 is 11.3 Å². The summed E-state index contributed by atoms with van der Waals surface area (Å²) in [6, 6.07) is 8.09. The van der Waals surface area contributed by atoms with Crippen molar-refractivity contribution < 1.29 is 0 Å². The van der Waals surface area contributed by atoms with E-state index in [0.29, 0.717) is 0 Å². The lowest BCUT2D eigenvalue weighted by Gasteiger charge is -2.30. The highest BCUT2D eigenvalue weighted by molar-refractivity contribution is 7.16. The molecule has 1 saturated heterocycles. The molecule has 1 aliphatic heterocycles. The summed E-state index contributed by atoms with van der Waals surface area (Å²) in [5.74, 6) is 0.884. The van der Waals surface area contributed by atoms with E-state index in [-0.39, 0.29) is 4.87 Å². The van der Waals surface area contributed by atoms with Gasteiger partial charge in [0, 0.05) is 6.54 Å². The largest absolute Gasteiger partial charge is 0.308 e. The van der Waals surface area contributed by atoms with Gasteiger partial charge in [-0.3, -0.25) is 9.36 Å². The lowest BCUT2D eigenvalue weighted by molar-refractivity contribution is 0.188.